The van der Waals surface area contributed by atoms with Gasteiger partial charge in [0.25, 0.3) is 0 Å². The quantitative estimate of drug-likeness (QED) is 0.729. The van der Waals surface area contributed by atoms with E-state index in [1.807, 2.05) is 0 Å². The molecule has 0 saturated carbocycles. The normalized spacial score (nSPS) is 21.8. The number of likely N-dealkylation sites (tertiary alicyclic amines) is 1. The smallest absolute Gasteiger partial charge is 0.115 e. The summed E-state index contributed by atoms with van der Waals surface area (Å²) in [6.45, 7) is 4.60. The van der Waals surface area contributed by atoms with Gasteiger partial charge in [-0.25, -0.2) is 4.39 Å². The van der Waals surface area contributed by atoms with Crippen molar-refractivity contribution in [2.75, 3.05) is 32.9 Å². The Balaban J connectivity index is 2.12. The minimum Gasteiger partial charge on any atom is -0.396 e. The SMILES string of the molecule is CC(CF)OC1CCN(CCCO)CC1. The number of aliphatic hydroxyl groups excluding tert-OH is 1. The van der Waals surface area contributed by atoms with Crippen molar-refractivity contribution in [2.24, 2.45) is 0 Å². The highest BCUT2D eigenvalue weighted by Crippen LogP contribution is 2.15. The van der Waals surface area contributed by atoms with Crippen LogP contribution < -0.4 is 0 Å². The number of rotatable bonds is 6. The molecular weight excluding hydrogens is 197 g/mol. The topological polar surface area (TPSA) is 32.7 Å². The molecule has 1 unspecified atom stereocenters. The number of alkyl halides is 1. The van der Waals surface area contributed by atoms with E-state index in [0.29, 0.717) is 0 Å². The van der Waals surface area contributed by atoms with Crippen LogP contribution in [0.2, 0.25) is 0 Å². The van der Waals surface area contributed by atoms with Crippen LogP contribution in [0.25, 0.3) is 0 Å². The maximum Gasteiger partial charge on any atom is 0.115 e. The van der Waals surface area contributed by atoms with Gasteiger partial charge in [-0.3, -0.25) is 0 Å². The van der Waals surface area contributed by atoms with Gasteiger partial charge >= 0.3 is 0 Å². The van der Waals surface area contributed by atoms with Gasteiger partial charge in [0.05, 0.1) is 12.2 Å². The fourth-order valence-corrected chi connectivity index (χ4v) is 1.93. The molecule has 1 atom stereocenters. The minimum atomic E-state index is -0.398. The predicted molar refractivity (Wildman–Crippen MR) is 57.7 cm³/mol. The van der Waals surface area contributed by atoms with Crippen LogP contribution in [-0.2, 0) is 4.74 Å². The first kappa shape index (κ1) is 12.9. The molecule has 0 aromatic heterocycles. The highest BCUT2D eigenvalue weighted by Gasteiger charge is 2.20. The number of hydrogen-bond acceptors (Lipinski definition) is 3. The molecule has 1 saturated heterocycles. The number of piperidine rings is 1. The van der Waals surface area contributed by atoms with E-state index in [-0.39, 0.29) is 18.8 Å². The highest BCUT2D eigenvalue weighted by molar-refractivity contribution is 4.73. The number of halogens is 1. The van der Waals surface area contributed by atoms with Gasteiger partial charge in [-0.05, 0) is 26.2 Å². The Morgan fingerprint density at radius 1 is 1.47 bits per heavy atom. The van der Waals surface area contributed by atoms with Gasteiger partial charge in [-0.1, -0.05) is 0 Å². The summed E-state index contributed by atoms with van der Waals surface area (Å²) in [5, 5.41) is 8.71. The van der Waals surface area contributed by atoms with Crippen LogP contribution in [0.1, 0.15) is 26.2 Å². The third-order valence-corrected chi connectivity index (χ3v) is 2.81. The summed E-state index contributed by atoms with van der Waals surface area (Å²) >= 11 is 0. The lowest BCUT2D eigenvalue weighted by Crippen LogP contribution is -2.39. The Hall–Kier alpha value is -0.190. The fraction of sp³-hybridized carbons (Fsp3) is 1.00. The Labute approximate surface area is 91.2 Å². The maximum absolute atomic E-state index is 12.2. The lowest BCUT2D eigenvalue weighted by molar-refractivity contribution is -0.0430. The molecule has 0 spiro atoms. The van der Waals surface area contributed by atoms with E-state index in [2.05, 4.69) is 4.90 Å². The third-order valence-electron chi connectivity index (χ3n) is 2.81. The predicted octanol–water partition coefficient (Wildman–Crippen LogP) is 1.21. The van der Waals surface area contributed by atoms with E-state index < -0.39 is 6.67 Å². The van der Waals surface area contributed by atoms with Gasteiger partial charge in [0.15, 0.2) is 0 Å². The van der Waals surface area contributed by atoms with Crippen molar-refractivity contribution in [3.05, 3.63) is 0 Å². The molecule has 0 amide bonds. The largest absolute Gasteiger partial charge is 0.396 e. The molecule has 1 fully saturated rings. The Bertz CT molecular complexity index is 161. The van der Waals surface area contributed by atoms with Crippen molar-refractivity contribution >= 4 is 0 Å². The molecule has 3 nitrogen and oxygen atoms in total. The number of hydrogen-bond donors (Lipinski definition) is 1. The maximum atomic E-state index is 12.2. The van der Waals surface area contributed by atoms with E-state index in [1.54, 1.807) is 6.92 Å². The molecule has 4 heteroatoms. The van der Waals surface area contributed by atoms with Gasteiger partial charge in [0, 0.05) is 26.2 Å². The molecule has 0 radical (unpaired) electrons. The van der Waals surface area contributed by atoms with Crippen LogP contribution in [0.3, 0.4) is 0 Å². The minimum absolute atomic E-state index is 0.223. The number of nitrogens with zero attached hydrogens (tertiary/aromatic N) is 1. The summed E-state index contributed by atoms with van der Waals surface area (Å²) in [4.78, 5) is 2.33. The Morgan fingerprint density at radius 2 is 2.13 bits per heavy atom. The van der Waals surface area contributed by atoms with Crippen LogP contribution >= 0.6 is 0 Å². The van der Waals surface area contributed by atoms with E-state index in [9.17, 15) is 4.39 Å². The lowest BCUT2D eigenvalue weighted by Gasteiger charge is -2.32. The molecule has 1 rings (SSSR count). The molecule has 0 aliphatic carbocycles. The first-order chi connectivity index (χ1) is 7.26. The average molecular weight is 219 g/mol. The molecule has 0 bridgehead atoms. The molecule has 1 aliphatic rings. The summed E-state index contributed by atoms with van der Waals surface area (Å²) in [6.07, 6.45) is 2.76. The second-order valence-electron chi connectivity index (χ2n) is 4.22. The van der Waals surface area contributed by atoms with Crippen LogP contribution in [0.15, 0.2) is 0 Å². The molecule has 1 aliphatic heterocycles. The van der Waals surface area contributed by atoms with E-state index in [4.69, 9.17) is 9.84 Å². The van der Waals surface area contributed by atoms with Crippen molar-refractivity contribution < 1.29 is 14.2 Å². The molecule has 90 valence electrons. The fourth-order valence-electron chi connectivity index (χ4n) is 1.93. The summed E-state index contributed by atoms with van der Waals surface area (Å²) in [7, 11) is 0. The zero-order valence-corrected chi connectivity index (χ0v) is 9.49. The van der Waals surface area contributed by atoms with Gasteiger partial charge < -0.3 is 14.7 Å². The zero-order valence-electron chi connectivity index (χ0n) is 9.49. The zero-order chi connectivity index (χ0) is 11.1. The van der Waals surface area contributed by atoms with Crippen molar-refractivity contribution in [1.29, 1.82) is 0 Å². The monoisotopic (exact) mass is 219 g/mol. The Kier molecular flexibility index (Phi) is 6.13. The van der Waals surface area contributed by atoms with E-state index in [0.717, 1.165) is 38.9 Å². The average Bonchev–Trinajstić information content (AvgIpc) is 2.28. The molecule has 15 heavy (non-hydrogen) atoms. The van der Waals surface area contributed by atoms with Gasteiger partial charge in [0.1, 0.15) is 6.67 Å². The van der Waals surface area contributed by atoms with Gasteiger partial charge in [0.2, 0.25) is 0 Å². The number of ether oxygens (including phenoxy) is 1. The third kappa shape index (κ3) is 4.91. The first-order valence-corrected chi connectivity index (χ1v) is 5.81. The first-order valence-electron chi connectivity index (χ1n) is 5.81. The van der Waals surface area contributed by atoms with Gasteiger partial charge in [-0.2, -0.15) is 0 Å². The summed E-state index contributed by atoms with van der Waals surface area (Å²) in [5.41, 5.74) is 0. The second-order valence-corrected chi connectivity index (χ2v) is 4.22. The van der Waals surface area contributed by atoms with Gasteiger partial charge in [-0.15, -0.1) is 0 Å². The molecule has 0 aromatic carbocycles. The van der Waals surface area contributed by atoms with Crippen LogP contribution in [0.4, 0.5) is 4.39 Å². The van der Waals surface area contributed by atoms with Crippen molar-refractivity contribution in [3.63, 3.8) is 0 Å². The summed E-state index contributed by atoms with van der Waals surface area (Å²) in [6, 6.07) is 0. The standard InChI is InChI=1S/C11H22FNO2/c1-10(9-12)15-11-3-6-13(7-4-11)5-2-8-14/h10-11,14H,2-9H2,1H3. The number of aliphatic hydroxyl groups is 1. The van der Waals surface area contributed by atoms with Crippen LogP contribution in [0, 0.1) is 0 Å². The lowest BCUT2D eigenvalue weighted by atomic mass is 10.1. The van der Waals surface area contributed by atoms with E-state index >= 15 is 0 Å². The Morgan fingerprint density at radius 3 is 2.67 bits per heavy atom. The van der Waals surface area contributed by atoms with Crippen LogP contribution in [0.5, 0.6) is 0 Å². The van der Waals surface area contributed by atoms with Crippen LogP contribution in [-0.4, -0.2) is 55.1 Å². The van der Waals surface area contributed by atoms with Crippen molar-refractivity contribution in [1.82, 2.24) is 4.90 Å². The van der Waals surface area contributed by atoms with Crippen molar-refractivity contribution in [3.8, 4) is 0 Å². The molecule has 0 aromatic rings. The summed E-state index contributed by atoms with van der Waals surface area (Å²) in [5.74, 6) is 0. The molecular formula is C11H22FNO2. The molecule has 1 heterocycles. The second kappa shape index (κ2) is 7.14. The van der Waals surface area contributed by atoms with Crippen molar-refractivity contribution in [2.45, 2.75) is 38.4 Å². The highest BCUT2D eigenvalue weighted by atomic mass is 19.1. The summed E-state index contributed by atoms with van der Waals surface area (Å²) < 4.78 is 17.8. The molecule has 1 N–H and O–H groups in total. The van der Waals surface area contributed by atoms with E-state index in [1.165, 1.54) is 0 Å².